The van der Waals surface area contributed by atoms with E-state index in [1.165, 1.54) is 0 Å². The Bertz CT molecular complexity index is 369. The van der Waals surface area contributed by atoms with Crippen LogP contribution in [0.4, 0.5) is 0 Å². The SMILES string of the molecule is COc1ccc2c(c1)[C@H](O)[C@H](C)C=C2. The summed E-state index contributed by atoms with van der Waals surface area (Å²) in [4.78, 5) is 0. The number of rotatable bonds is 1. The van der Waals surface area contributed by atoms with Crippen LogP contribution in [0.5, 0.6) is 5.75 Å². The fraction of sp³-hybridized carbons (Fsp3) is 0.333. The van der Waals surface area contributed by atoms with Gasteiger partial charge >= 0.3 is 0 Å². The van der Waals surface area contributed by atoms with E-state index in [1.807, 2.05) is 37.3 Å². The average molecular weight is 190 g/mol. The molecule has 0 heterocycles. The molecule has 1 aliphatic carbocycles. The molecule has 0 aromatic heterocycles. The fourth-order valence-electron chi connectivity index (χ4n) is 1.73. The minimum atomic E-state index is -0.412. The lowest BCUT2D eigenvalue weighted by molar-refractivity contribution is 0.138. The summed E-state index contributed by atoms with van der Waals surface area (Å²) in [7, 11) is 1.64. The molecular weight excluding hydrogens is 176 g/mol. The van der Waals surface area contributed by atoms with Gasteiger partial charge in [-0.2, -0.15) is 0 Å². The van der Waals surface area contributed by atoms with E-state index >= 15 is 0 Å². The molecule has 1 aromatic carbocycles. The van der Waals surface area contributed by atoms with E-state index in [-0.39, 0.29) is 5.92 Å². The quantitative estimate of drug-likeness (QED) is 0.736. The van der Waals surface area contributed by atoms with Gasteiger partial charge in [0.15, 0.2) is 0 Å². The molecular formula is C12H14O2. The smallest absolute Gasteiger partial charge is 0.119 e. The summed E-state index contributed by atoms with van der Waals surface area (Å²) in [6.07, 6.45) is 3.66. The van der Waals surface area contributed by atoms with Crippen LogP contribution in [-0.4, -0.2) is 12.2 Å². The number of hydrogen-bond acceptors (Lipinski definition) is 2. The van der Waals surface area contributed by atoms with E-state index in [1.54, 1.807) is 7.11 Å². The van der Waals surface area contributed by atoms with Crippen LogP contribution in [0, 0.1) is 5.92 Å². The van der Waals surface area contributed by atoms with Crippen LogP contribution in [0.3, 0.4) is 0 Å². The summed E-state index contributed by atoms with van der Waals surface area (Å²) in [5.74, 6) is 0.972. The molecule has 1 aliphatic rings. The molecule has 2 atom stereocenters. The van der Waals surface area contributed by atoms with Crippen LogP contribution in [0.15, 0.2) is 24.3 Å². The summed E-state index contributed by atoms with van der Waals surface area (Å²) >= 11 is 0. The van der Waals surface area contributed by atoms with Gasteiger partial charge in [-0.05, 0) is 23.3 Å². The van der Waals surface area contributed by atoms with Gasteiger partial charge in [0.25, 0.3) is 0 Å². The minimum Gasteiger partial charge on any atom is -0.497 e. The third-order valence-electron chi connectivity index (χ3n) is 2.69. The lowest BCUT2D eigenvalue weighted by Gasteiger charge is -2.23. The summed E-state index contributed by atoms with van der Waals surface area (Å²) in [6, 6.07) is 5.78. The highest BCUT2D eigenvalue weighted by Crippen LogP contribution is 2.33. The molecule has 0 bridgehead atoms. The fourth-order valence-corrected chi connectivity index (χ4v) is 1.73. The monoisotopic (exact) mass is 190 g/mol. The Morgan fingerprint density at radius 2 is 2.14 bits per heavy atom. The third-order valence-corrected chi connectivity index (χ3v) is 2.69. The molecule has 0 unspecified atom stereocenters. The van der Waals surface area contributed by atoms with E-state index in [0.717, 1.165) is 16.9 Å². The lowest BCUT2D eigenvalue weighted by atomic mass is 9.88. The van der Waals surface area contributed by atoms with Gasteiger partial charge in [-0.3, -0.25) is 0 Å². The lowest BCUT2D eigenvalue weighted by Crippen LogP contribution is -2.11. The highest BCUT2D eigenvalue weighted by molar-refractivity contribution is 5.59. The number of methoxy groups -OCH3 is 1. The minimum absolute atomic E-state index is 0.176. The van der Waals surface area contributed by atoms with Crippen molar-refractivity contribution in [1.82, 2.24) is 0 Å². The Labute approximate surface area is 83.8 Å². The van der Waals surface area contributed by atoms with Crippen molar-refractivity contribution >= 4 is 6.08 Å². The van der Waals surface area contributed by atoms with Crippen LogP contribution in [-0.2, 0) is 0 Å². The van der Waals surface area contributed by atoms with E-state index < -0.39 is 6.10 Å². The standard InChI is InChI=1S/C12H14O2/c1-8-3-4-9-5-6-10(14-2)7-11(9)12(8)13/h3-8,12-13H,1-2H3/t8-,12-/m1/s1. The van der Waals surface area contributed by atoms with E-state index in [0.29, 0.717) is 0 Å². The van der Waals surface area contributed by atoms with Crippen LogP contribution in [0.1, 0.15) is 24.2 Å². The molecule has 2 rings (SSSR count). The molecule has 0 radical (unpaired) electrons. The highest BCUT2D eigenvalue weighted by atomic mass is 16.5. The molecule has 74 valence electrons. The molecule has 0 spiro atoms. The molecule has 1 aromatic rings. The Balaban J connectivity index is 2.48. The molecule has 2 nitrogen and oxygen atoms in total. The third kappa shape index (κ3) is 1.42. The zero-order chi connectivity index (χ0) is 10.1. The molecule has 0 saturated heterocycles. The number of hydrogen-bond donors (Lipinski definition) is 1. The maximum Gasteiger partial charge on any atom is 0.119 e. The maximum atomic E-state index is 9.94. The number of ether oxygens (including phenoxy) is 1. The first kappa shape index (κ1) is 9.28. The molecule has 2 heteroatoms. The Morgan fingerprint density at radius 1 is 1.36 bits per heavy atom. The van der Waals surface area contributed by atoms with Crippen LogP contribution >= 0.6 is 0 Å². The van der Waals surface area contributed by atoms with Crippen molar-refractivity contribution in [1.29, 1.82) is 0 Å². The number of fused-ring (bicyclic) bond motifs is 1. The Hall–Kier alpha value is -1.28. The van der Waals surface area contributed by atoms with Gasteiger partial charge < -0.3 is 9.84 Å². The number of aliphatic hydroxyl groups is 1. The second-order valence-electron chi connectivity index (χ2n) is 3.66. The maximum absolute atomic E-state index is 9.94. The van der Waals surface area contributed by atoms with E-state index in [2.05, 4.69) is 0 Å². The van der Waals surface area contributed by atoms with Crippen LogP contribution in [0.25, 0.3) is 6.08 Å². The Kier molecular flexibility index (Phi) is 2.30. The van der Waals surface area contributed by atoms with Crippen molar-refractivity contribution in [3.8, 4) is 5.75 Å². The van der Waals surface area contributed by atoms with Crippen molar-refractivity contribution in [2.75, 3.05) is 7.11 Å². The van der Waals surface area contributed by atoms with Gasteiger partial charge in [-0.25, -0.2) is 0 Å². The molecule has 0 amide bonds. The number of benzene rings is 1. The van der Waals surface area contributed by atoms with Crippen molar-refractivity contribution in [2.24, 2.45) is 5.92 Å². The van der Waals surface area contributed by atoms with Gasteiger partial charge in [0.1, 0.15) is 5.75 Å². The molecule has 0 aliphatic heterocycles. The van der Waals surface area contributed by atoms with Crippen molar-refractivity contribution in [3.63, 3.8) is 0 Å². The van der Waals surface area contributed by atoms with E-state index in [9.17, 15) is 5.11 Å². The largest absolute Gasteiger partial charge is 0.497 e. The zero-order valence-corrected chi connectivity index (χ0v) is 8.40. The van der Waals surface area contributed by atoms with Crippen LogP contribution in [0.2, 0.25) is 0 Å². The zero-order valence-electron chi connectivity index (χ0n) is 8.40. The Morgan fingerprint density at radius 3 is 2.86 bits per heavy atom. The molecule has 0 saturated carbocycles. The predicted molar refractivity (Wildman–Crippen MR) is 56.2 cm³/mol. The van der Waals surface area contributed by atoms with Gasteiger partial charge in [-0.1, -0.05) is 25.1 Å². The summed E-state index contributed by atoms with van der Waals surface area (Å²) < 4.78 is 5.13. The van der Waals surface area contributed by atoms with E-state index in [4.69, 9.17) is 4.74 Å². The molecule has 1 N–H and O–H groups in total. The average Bonchev–Trinajstić information content (AvgIpc) is 2.23. The topological polar surface area (TPSA) is 29.5 Å². The summed E-state index contributed by atoms with van der Waals surface area (Å²) in [5, 5.41) is 9.94. The first-order valence-electron chi connectivity index (χ1n) is 4.76. The number of aliphatic hydroxyl groups excluding tert-OH is 1. The summed E-state index contributed by atoms with van der Waals surface area (Å²) in [5.41, 5.74) is 2.04. The van der Waals surface area contributed by atoms with Gasteiger partial charge in [-0.15, -0.1) is 0 Å². The van der Waals surface area contributed by atoms with Crippen molar-refractivity contribution in [3.05, 3.63) is 35.4 Å². The summed E-state index contributed by atoms with van der Waals surface area (Å²) in [6.45, 7) is 2.00. The van der Waals surface area contributed by atoms with Gasteiger partial charge in [0.2, 0.25) is 0 Å². The van der Waals surface area contributed by atoms with Gasteiger partial charge in [0.05, 0.1) is 13.2 Å². The van der Waals surface area contributed by atoms with Crippen molar-refractivity contribution in [2.45, 2.75) is 13.0 Å². The van der Waals surface area contributed by atoms with Gasteiger partial charge in [0, 0.05) is 5.92 Å². The first-order valence-corrected chi connectivity index (χ1v) is 4.76. The predicted octanol–water partition coefficient (Wildman–Crippen LogP) is 2.39. The normalized spacial score (nSPS) is 24.5. The highest BCUT2D eigenvalue weighted by Gasteiger charge is 2.20. The van der Waals surface area contributed by atoms with Crippen LogP contribution < -0.4 is 4.74 Å². The second-order valence-corrected chi connectivity index (χ2v) is 3.66. The molecule has 14 heavy (non-hydrogen) atoms. The van der Waals surface area contributed by atoms with Crippen molar-refractivity contribution < 1.29 is 9.84 Å². The first-order chi connectivity index (χ1) is 6.72. The second kappa shape index (κ2) is 3.46. The molecule has 0 fully saturated rings.